The van der Waals surface area contributed by atoms with Crippen molar-refractivity contribution >= 4 is 5.69 Å². The van der Waals surface area contributed by atoms with Crippen LogP contribution in [0.4, 0.5) is 5.69 Å². The maximum atomic E-state index is 6.10. The molecule has 0 aromatic heterocycles. The zero-order chi connectivity index (χ0) is 13.1. The van der Waals surface area contributed by atoms with E-state index < -0.39 is 0 Å². The van der Waals surface area contributed by atoms with Gasteiger partial charge < -0.3 is 15.4 Å². The molecule has 19 heavy (non-hydrogen) atoms. The minimum Gasteiger partial charge on any atom is -0.378 e. The van der Waals surface area contributed by atoms with Gasteiger partial charge in [0.2, 0.25) is 0 Å². The second-order valence-electron chi connectivity index (χ2n) is 5.84. The number of nitrogens with two attached hydrogens (primary N) is 1. The van der Waals surface area contributed by atoms with Gasteiger partial charge in [0.15, 0.2) is 0 Å². The number of hydrogen-bond donors (Lipinski definition) is 1. The number of nitrogens with zero attached hydrogens (tertiary/aromatic N) is 1. The molecular weight excluding hydrogens is 236 g/mol. The van der Waals surface area contributed by atoms with Gasteiger partial charge in [-0.05, 0) is 30.5 Å². The largest absolute Gasteiger partial charge is 0.378 e. The molecule has 0 amide bonds. The molecule has 1 heterocycles. The number of ether oxygens (including phenoxy) is 1. The molecular formula is C16H24N2O. The van der Waals surface area contributed by atoms with Crippen molar-refractivity contribution in [3.63, 3.8) is 0 Å². The lowest BCUT2D eigenvalue weighted by atomic mass is 9.79. The first-order valence-electron chi connectivity index (χ1n) is 7.47. The molecule has 1 aromatic rings. The summed E-state index contributed by atoms with van der Waals surface area (Å²) in [6, 6.07) is 9.04. The maximum absolute atomic E-state index is 6.10. The van der Waals surface area contributed by atoms with Crippen molar-refractivity contribution in [2.45, 2.75) is 31.1 Å². The van der Waals surface area contributed by atoms with Crippen molar-refractivity contribution in [3.8, 4) is 0 Å². The molecule has 2 N–H and O–H groups in total. The van der Waals surface area contributed by atoms with Crippen LogP contribution in [0.2, 0.25) is 0 Å². The Kier molecular flexibility index (Phi) is 3.76. The van der Waals surface area contributed by atoms with E-state index in [1.165, 1.54) is 36.9 Å². The molecule has 3 nitrogen and oxygen atoms in total. The van der Waals surface area contributed by atoms with Gasteiger partial charge >= 0.3 is 0 Å². The number of hydrogen-bond acceptors (Lipinski definition) is 3. The molecule has 104 valence electrons. The standard InChI is InChI=1S/C16H24N2O/c17-13-16(6-1-2-7-16)14-4-3-5-15(12-14)18-8-10-19-11-9-18/h3-5,12H,1-2,6-11,13,17H2. The molecule has 0 unspecified atom stereocenters. The SMILES string of the molecule is NCC1(c2cccc(N3CCOCC3)c2)CCCC1. The molecule has 1 saturated heterocycles. The van der Waals surface area contributed by atoms with E-state index in [0.717, 1.165) is 32.8 Å². The second kappa shape index (κ2) is 5.51. The van der Waals surface area contributed by atoms with Gasteiger partial charge in [-0.2, -0.15) is 0 Å². The topological polar surface area (TPSA) is 38.5 Å². The van der Waals surface area contributed by atoms with Crippen LogP contribution in [0.5, 0.6) is 0 Å². The minimum atomic E-state index is 0.238. The molecule has 0 radical (unpaired) electrons. The van der Waals surface area contributed by atoms with E-state index in [0.29, 0.717) is 0 Å². The predicted molar refractivity (Wildman–Crippen MR) is 78.7 cm³/mol. The third kappa shape index (κ3) is 2.49. The molecule has 3 heteroatoms. The molecule has 1 aliphatic carbocycles. The van der Waals surface area contributed by atoms with Gasteiger partial charge in [0.1, 0.15) is 0 Å². The smallest absolute Gasteiger partial charge is 0.0642 e. The summed E-state index contributed by atoms with van der Waals surface area (Å²) in [6.45, 7) is 4.45. The van der Waals surface area contributed by atoms with Crippen LogP contribution in [0.15, 0.2) is 24.3 Å². The highest BCUT2D eigenvalue weighted by atomic mass is 16.5. The number of morpholine rings is 1. The lowest BCUT2D eigenvalue weighted by molar-refractivity contribution is 0.122. The van der Waals surface area contributed by atoms with Crippen molar-refractivity contribution in [2.24, 2.45) is 5.73 Å². The summed E-state index contributed by atoms with van der Waals surface area (Å²) < 4.78 is 5.43. The maximum Gasteiger partial charge on any atom is 0.0642 e. The van der Waals surface area contributed by atoms with E-state index in [9.17, 15) is 0 Å². The third-order valence-corrected chi connectivity index (χ3v) is 4.79. The number of rotatable bonds is 3. The van der Waals surface area contributed by atoms with E-state index in [4.69, 9.17) is 10.5 Å². The van der Waals surface area contributed by atoms with E-state index in [1.54, 1.807) is 0 Å². The first-order chi connectivity index (χ1) is 9.34. The monoisotopic (exact) mass is 260 g/mol. The van der Waals surface area contributed by atoms with E-state index >= 15 is 0 Å². The van der Waals surface area contributed by atoms with Crippen LogP contribution in [0.25, 0.3) is 0 Å². The fourth-order valence-corrected chi connectivity index (χ4v) is 3.52. The molecule has 2 aliphatic rings. The summed E-state index contributed by atoms with van der Waals surface area (Å²) in [5, 5.41) is 0. The zero-order valence-electron chi connectivity index (χ0n) is 11.6. The summed E-state index contributed by atoms with van der Waals surface area (Å²) in [7, 11) is 0. The Morgan fingerprint density at radius 2 is 1.89 bits per heavy atom. The Morgan fingerprint density at radius 3 is 2.58 bits per heavy atom. The highest BCUT2D eigenvalue weighted by Crippen LogP contribution is 2.41. The third-order valence-electron chi connectivity index (χ3n) is 4.79. The lowest BCUT2D eigenvalue weighted by Gasteiger charge is -2.32. The van der Waals surface area contributed by atoms with Crippen molar-refractivity contribution in [3.05, 3.63) is 29.8 Å². The molecule has 0 spiro atoms. The minimum absolute atomic E-state index is 0.238. The Morgan fingerprint density at radius 1 is 1.16 bits per heavy atom. The van der Waals surface area contributed by atoms with Gasteiger partial charge in [-0.1, -0.05) is 25.0 Å². The summed E-state index contributed by atoms with van der Waals surface area (Å²) in [6.07, 6.45) is 5.13. The molecule has 3 rings (SSSR count). The first kappa shape index (κ1) is 12.9. The van der Waals surface area contributed by atoms with Gasteiger partial charge in [-0.25, -0.2) is 0 Å². The highest BCUT2D eigenvalue weighted by Gasteiger charge is 2.34. The highest BCUT2D eigenvalue weighted by molar-refractivity contribution is 5.50. The summed E-state index contributed by atoms with van der Waals surface area (Å²) in [4.78, 5) is 2.42. The average Bonchev–Trinajstić information content (AvgIpc) is 2.98. The van der Waals surface area contributed by atoms with Gasteiger partial charge in [-0.15, -0.1) is 0 Å². The van der Waals surface area contributed by atoms with Crippen LogP contribution in [0.3, 0.4) is 0 Å². The van der Waals surface area contributed by atoms with E-state index in [2.05, 4.69) is 29.2 Å². The Balaban J connectivity index is 1.86. The average molecular weight is 260 g/mol. The fourth-order valence-electron chi connectivity index (χ4n) is 3.52. The van der Waals surface area contributed by atoms with Crippen LogP contribution in [0.1, 0.15) is 31.2 Å². The summed E-state index contributed by atoms with van der Waals surface area (Å²) in [5.41, 5.74) is 9.11. The normalized spacial score (nSPS) is 22.7. The summed E-state index contributed by atoms with van der Waals surface area (Å²) in [5.74, 6) is 0. The first-order valence-corrected chi connectivity index (χ1v) is 7.47. The van der Waals surface area contributed by atoms with Gasteiger partial charge in [0.25, 0.3) is 0 Å². The molecule has 1 aromatic carbocycles. The van der Waals surface area contributed by atoms with Crippen molar-refractivity contribution in [1.29, 1.82) is 0 Å². The van der Waals surface area contributed by atoms with Gasteiger partial charge in [0.05, 0.1) is 13.2 Å². The van der Waals surface area contributed by atoms with Crippen LogP contribution in [-0.2, 0) is 10.2 Å². The van der Waals surface area contributed by atoms with Gasteiger partial charge in [0, 0.05) is 30.7 Å². The number of anilines is 1. The van der Waals surface area contributed by atoms with Crippen molar-refractivity contribution < 1.29 is 4.74 Å². The molecule has 1 aliphatic heterocycles. The van der Waals surface area contributed by atoms with Crippen molar-refractivity contribution in [2.75, 3.05) is 37.7 Å². The Hall–Kier alpha value is -1.06. The fraction of sp³-hybridized carbons (Fsp3) is 0.625. The van der Waals surface area contributed by atoms with E-state index in [-0.39, 0.29) is 5.41 Å². The molecule has 2 fully saturated rings. The molecule has 0 atom stereocenters. The summed E-state index contributed by atoms with van der Waals surface area (Å²) >= 11 is 0. The van der Waals surface area contributed by atoms with E-state index in [1.807, 2.05) is 0 Å². The van der Waals surface area contributed by atoms with Crippen LogP contribution in [-0.4, -0.2) is 32.8 Å². The Bertz CT molecular complexity index is 421. The molecule has 1 saturated carbocycles. The van der Waals surface area contributed by atoms with Crippen molar-refractivity contribution in [1.82, 2.24) is 0 Å². The zero-order valence-corrected chi connectivity index (χ0v) is 11.6. The van der Waals surface area contributed by atoms with Gasteiger partial charge in [-0.3, -0.25) is 0 Å². The second-order valence-corrected chi connectivity index (χ2v) is 5.84. The lowest BCUT2D eigenvalue weighted by Crippen LogP contribution is -2.37. The molecule has 0 bridgehead atoms. The van der Waals surface area contributed by atoms with Crippen LogP contribution in [0, 0.1) is 0 Å². The quantitative estimate of drug-likeness (QED) is 0.906. The Labute approximate surface area is 115 Å². The number of benzene rings is 1. The predicted octanol–water partition coefficient (Wildman–Crippen LogP) is 2.29. The van der Waals surface area contributed by atoms with Crippen LogP contribution < -0.4 is 10.6 Å². The van der Waals surface area contributed by atoms with Crippen LogP contribution >= 0.6 is 0 Å².